The maximum Gasteiger partial charge on any atom is 0.407 e. The molecule has 2 rings (SSSR count). The summed E-state index contributed by atoms with van der Waals surface area (Å²) >= 11 is 0. The Labute approximate surface area is 151 Å². The molecular weight excluding hydrogens is 338 g/mol. The molecule has 0 saturated heterocycles. The van der Waals surface area contributed by atoms with Crippen LogP contribution in [0.5, 0.6) is 0 Å². The molecule has 2 N–H and O–H groups in total. The second kappa shape index (κ2) is 7.99. The number of nitrogens with one attached hydrogen (secondary N) is 2. The van der Waals surface area contributed by atoms with Crippen molar-refractivity contribution in [3.05, 3.63) is 28.1 Å². The number of nitro groups is 1. The first kappa shape index (κ1) is 19.4. The minimum absolute atomic E-state index is 0.0590. The molecule has 1 heterocycles. The molecule has 0 radical (unpaired) electrons. The first-order chi connectivity index (χ1) is 12.2. The lowest BCUT2D eigenvalue weighted by atomic mass is 9.91. The molecular formula is C17H23N5O4. The lowest BCUT2D eigenvalue weighted by Gasteiger charge is -2.31. The van der Waals surface area contributed by atoms with E-state index >= 15 is 0 Å². The maximum atomic E-state index is 11.9. The van der Waals surface area contributed by atoms with Gasteiger partial charge in [-0.1, -0.05) is 0 Å². The highest BCUT2D eigenvalue weighted by atomic mass is 16.6. The number of alkyl carbamates (subject to hydrolysis) is 1. The molecule has 0 spiro atoms. The number of aromatic nitrogens is 1. The van der Waals surface area contributed by atoms with Gasteiger partial charge in [-0.05, 0) is 46.5 Å². The standard InChI is InChI=1S/C17H23N5O4/c1-17(2,3)26-16(23)21-12-6-4-5-11(7-12)20-14-8-13(9-18)19-10-15(14)22(24)25/h8,10-12H,4-7H2,1-3H3,(H,19,20)(H,21,23). The summed E-state index contributed by atoms with van der Waals surface area (Å²) in [5, 5.41) is 26.1. The van der Waals surface area contributed by atoms with Crippen molar-refractivity contribution >= 4 is 17.5 Å². The van der Waals surface area contributed by atoms with Crippen LogP contribution in [0.15, 0.2) is 12.3 Å². The molecule has 0 bridgehead atoms. The average molecular weight is 361 g/mol. The van der Waals surface area contributed by atoms with Crippen molar-refractivity contribution in [3.63, 3.8) is 0 Å². The van der Waals surface area contributed by atoms with E-state index in [1.54, 1.807) is 20.8 Å². The second-order valence-corrected chi connectivity index (χ2v) is 7.31. The topological polar surface area (TPSA) is 130 Å². The van der Waals surface area contributed by atoms with Crippen LogP contribution < -0.4 is 10.6 Å². The molecule has 9 heteroatoms. The normalized spacial score (nSPS) is 19.9. The number of hydrogen-bond acceptors (Lipinski definition) is 7. The Kier molecular flexibility index (Phi) is 5.97. The van der Waals surface area contributed by atoms with Crippen LogP contribution in [0.25, 0.3) is 0 Å². The van der Waals surface area contributed by atoms with Gasteiger partial charge in [-0.25, -0.2) is 9.78 Å². The number of anilines is 1. The van der Waals surface area contributed by atoms with E-state index in [0.29, 0.717) is 6.42 Å². The van der Waals surface area contributed by atoms with Gasteiger partial charge in [0.2, 0.25) is 0 Å². The molecule has 1 aliphatic carbocycles. The Morgan fingerprint density at radius 1 is 1.42 bits per heavy atom. The summed E-state index contributed by atoms with van der Waals surface area (Å²) in [6, 6.07) is 3.12. The van der Waals surface area contributed by atoms with Crippen LogP contribution in [-0.2, 0) is 4.74 Å². The summed E-state index contributed by atoms with van der Waals surface area (Å²) < 4.78 is 5.27. The molecule has 26 heavy (non-hydrogen) atoms. The number of carbonyl (C=O) groups excluding carboxylic acids is 1. The zero-order valence-electron chi connectivity index (χ0n) is 15.1. The van der Waals surface area contributed by atoms with Gasteiger partial charge in [-0.2, -0.15) is 5.26 Å². The Balaban J connectivity index is 2.03. The van der Waals surface area contributed by atoms with Crippen LogP contribution in [0.2, 0.25) is 0 Å². The van der Waals surface area contributed by atoms with E-state index in [0.717, 1.165) is 25.5 Å². The van der Waals surface area contributed by atoms with Crippen LogP contribution in [-0.4, -0.2) is 33.7 Å². The van der Waals surface area contributed by atoms with Crippen molar-refractivity contribution < 1.29 is 14.5 Å². The molecule has 9 nitrogen and oxygen atoms in total. The van der Waals surface area contributed by atoms with Crippen LogP contribution >= 0.6 is 0 Å². The Hall–Kier alpha value is -2.89. The zero-order chi connectivity index (χ0) is 19.3. The van der Waals surface area contributed by atoms with Gasteiger partial charge < -0.3 is 15.4 Å². The van der Waals surface area contributed by atoms with Crippen LogP contribution in [0, 0.1) is 21.4 Å². The fourth-order valence-corrected chi connectivity index (χ4v) is 2.92. The van der Waals surface area contributed by atoms with Crippen molar-refractivity contribution in [3.8, 4) is 6.07 Å². The summed E-state index contributed by atoms with van der Waals surface area (Å²) in [7, 11) is 0. The molecule has 1 aromatic heterocycles. The van der Waals surface area contributed by atoms with E-state index in [1.807, 2.05) is 6.07 Å². The highest BCUT2D eigenvalue weighted by Crippen LogP contribution is 2.28. The number of pyridine rings is 1. The molecule has 2 atom stereocenters. The SMILES string of the molecule is CC(C)(C)OC(=O)NC1CCCC(Nc2cc(C#N)ncc2[N+](=O)[O-])C1. The van der Waals surface area contributed by atoms with Crippen LogP contribution in [0.3, 0.4) is 0 Å². The third kappa shape index (κ3) is 5.58. The average Bonchev–Trinajstić information content (AvgIpc) is 2.52. The van der Waals surface area contributed by atoms with E-state index < -0.39 is 16.6 Å². The minimum atomic E-state index is -0.568. The summed E-state index contributed by atoms with van der Waals surface area (Å²) in [6.07, 6.45) is 3.72. The zero-order valence-corrected chi connectivity index (χ0v) is 15.1. The van der Waals surface area contributed by atoms with Gasteiger partial charge >= 0.3 is 11.8 Å². The van der Waals surface area contributed by atoms with Gasteiger partial charge in [0.05, 0.1) is 4.92 Å². The van der Waals surface area contributed by atoms with Crippen molar-refractivity contribution in [2.24, 2.45) is 0 Å². The van der Waals surface area contributed by atoms with E-state index in [2.05, 4.69) is 15.6 Å². The Morgan fingerprint density at radius 2 is 2.12 bits per heavy atom. The molecule has 140 valence electrons. The van der Waals surface area contributed by atoms with Gasteiger partial charge in [0.1, 0.15) is 29.2 Å². The highest BCUT2D eigenvalue weighted by Gasteiger charge is 2.27. The number of carbonyl (C=O) groups is 1. The molecule has 1 aliphatic rings. The van der Waals surface area contributed by atoms with Crippen molar-refractivity contribution in [2.45, 2.75) is 64.1 Å². The third-order valence-electron chi connectivity index (χ3n) is 3.95. The molecule has 1 amide bonds. The highest BCUT2D eigenvalue weighted by molar-refractivity contribution is 5.68. The monoisotopic (exact) mass is 361 g/mol. The summed E-state index contributed by atoms with van der Waals surface area (Å²) in [5.41, 5.74) is -0.366. The van der Waals surface area contributed by atoms with E-state index in [-0.39, 0.29) is 29.2 Å². The molecule has 2 unspecified atom stereocenters. The largest absolute Gasteiger partial charge is 0.444 e. The number of nitriles is 1. The number of amides is 1. The lowest BCUT2D eigenvalue weighted by molar-refractivity contribution is -0.384. The first-order valence-electron chi connectivity index (χ1n) is 8.48. The third-order valence-corrected chi connectivity index (χ3v) is 3.95. The molecule has 0 aromatic carbocycles. The lowest BCUT2D eigenvalue weighted by Crippen LogP contribution is -2.43. The summed E-state index contributed by atoms with van der Waals surface area (Å²) in [4.78, 5) is 26.3. The Morgan fingerprint density at radius 3 is 2.73 bits per heavy atom. The maximum absolute atomic E-state index is 11.9. The van der Waals surface area contributed by atoms with E-state index in [9.17, 15) is 14.9 Å². The van der Waals surface area contributed by atoms with E-state index in [1.165, 1.54) is 6.07 Å². The number of rotatable bonds is 4. The number of ether oxygens (including phenoxy) is 1. The molecule has 1 fully saturated rings. The van der Waals surface area contributed by atoms with Crippen molar-refractivity contribution in [1.29, 1.82) is 5.26 Å². The van der Waals surface area contributed by atoms with Crippen LogP contribution in [0.1, 0.15) is 52.1 Å². The van der Waals surface area contributed by atoms with Gasteiger partial charge in [-0.3, -0.25) is 10.1 Å². The summed E-state index contributed by atoms with van der Waals surface area (Å²) in [5.74, 6) is 0. The fraction of sp³-hybridized carbons (Fsp3) is 0.588. The van der Waals surface area contributed by atoms with Crippen molar-refractivity contribution in [2.75, 3.05) is 5.32 Å². The van der Waals surface area contributed by atoms with Gasteiger partial charge in [0.25, 0.3) is 0 Å². The van der Waals surface area contributed by atoms with Gasteiger partial charge in [-0.15, -0.1) is 0 Å². The predicted octanol–water partition coefficient (Wildman–Crippen LogP) is 3.11. The smallest absolute Gasteiger partial charge is 0.407 e. The van der Waals surface area contributed by atoms with Crippen molar-refractivity contribution in [1.82, 2.24) is 10.3 Å². The number of hydrogen-bond donors (Lipinski definition) is 2. The van der Waals surface area contributed by atoms with Crippen LogP contribution in [0.4, 0.5) is 16.2 Å². The quantitative estimate of drug-likeness (QED) is 0.622. The minimum Gasteiger partial charge on any atom is -0.444 e. The molecule has 1 saturated carbocycles. The first-order valence-corrected chi connectivity index (χ1v) is 8.48. The predicted molar refractivity (Wildman–Crippen MR) is 94.6 cm³/mol. The molecule has 0 aliphatic heterocycles. The number of nitrogens with zero attached hydrogens (tertiary/aromatic N) is 3. The molecule has 1 aromatic rings. The van der Waals surface area contributed by atoms with E-state index in [4.69, 9.17) is 10.00 Å². The summed E-state index contributed by atoms with van der Waals surface area (Å²) in [6.45, 7) is 5.40. The van der Waals surface area contributed by atoms with Gasteiger partial charge in [0, 0.05) is 18.2 Å². The second-order valence-electron chi connectivity index (χ2n) is 7.31. The van der Waals surface area contributed by atoms with Gasteiger partial charge in [0.15, 0.2) is 0 Å². The fourth-order valence-electron chi connectivity index (χ4n) is 2.92. The Bertz CT molecular complexity index is 723.